The van der Waals surface area contributed by atoms with E-state index in [1.165, 1.54) is 0 Å². The van der Waals surface area contributed by atoms with E-state index in [9.17, 15) is 5.11 Å². The third kappa shape index (κ3) is 1.79. The van der Waals surface area contributed by atoms with Gasteiger partial charge in [-0.15, -0.1) is 0 Å². The van der Waals surface area contributed by atoms with Gasteiger partial charge in [0.05, 0.1) is 18.2 Å². The summed E-state index contributed by atoms with van der Waals surface area (Å²) in [6.45, 7) is 1.76. The van der Waals surface area contributed by atoms with Crippen LogP contribution in [-0.2, 0) is 0 Å². The van der Waals surface area contributed by atoms with Crippen LogP contribution in [0, 0.1) is 18.3 Å². The summed E-state index contributed by atoms with van der Waals surface area (Å²) in [5, 5.41) is 21.0. The molecule has 0 aliphatic rings. The van der Waals surface area contributed by atoms with Crippen molar-refractivity contribution in [1.29, 1.82) is 5.26 Å². The van der Waals surface area contributed by atoms with Gasteiger partial charge in [0.1, 0.15) is 6.10 Å². The lowest BCUT2D eigenvalue weighted by Gasteiger charge is -1.97. The molecule has 4 nitrogen and oxygen atoms in total. The topological polar surface area (TPSA) is 70.0 Å². The van der Waals surface area contributed by atoms with Crippen molar-refractivity contribution in [2.45, 2.75) is 19.4 Å². The zero-order valence-corrected chi connectivity index (χ0v) is 6.11. The van der Waals surface area contributed by atoms with Crippen LogP contribution in [0.4, 0.5) is 0 Å². The Morgan fingerprint density at radius 2 is 2.64 bits per heavy atom. The SMILES string of the molecule is Cc1cc(C(O)CC#N)on1. The highest BCUT2D eigenvalue weighted by Crippen LogP contribution is 2.15. The molecule has 58 valence electrons. The third-order valence-electron chi connectivity index (χ3n) is 1.26. The van der Waals surface area contributed by atoms with Crippen molar-refractivity contribution in [2.75, 3.05) is 0 Å². The summed E-state index contributed by atoms with van der Waals surface area (Å²) in [6.07, 6.45) is -0.810. The molecule has 1 heterocycles. The molecule has 1 atom stereocenters. The zero-order chi connectivity index (χ0) is 8.27. The Bertz CT molecular complexity index is 274. The average molecular weight is 152 g/mol. The lowest BCUT2D eigenvalue weighted by molar-refractivity contribution is 0.144. The normalized spacial score (nSPS) is 12.5. The molecule has 1 aromatic heterocycles. The van der Waals surface area contributed by atoms with Crippen LogP contribution in [-0.4, -0.2) is 10.3 Å². The van der Waals surface area contributed by atoms with E-state index >= 15 is 0 Å². The number of rotatable bonds is 2. The van der Waals surface area contributed by atoms with E-state index in [4.69, 9.17) is 9.78 Å². The second-order valence-electron chi connectivity index (χ2n) is 2.25. The first kappa shape index (κ1) is 7.76. The second-order valence-corrected chi connectivity index (χ2v) is 2.25. The van der Waals surface area contributed by atoms with Gasteiger partial charge in [0.25, 0.3) is 0 Å². The molecule has 1 rings (SSSR count). The van der Waals surface area contributed by atoms with E-state index in [0.29, 0.717) is 11.5 Å². The Kier molecular flexibility index (Phi) is 2.24. The van der Waals surface area contributed by atoms with Crippen LogP contribution < -0.4 is 0 Å². The van der Waals surface area contributed by atoms with Crippen LogP contribution >= 0.6 is 0 Å². The fraction of sp³-hybridized carbons (Fsp3) is 0.429. The minimum absolute atomic E-state index is 0.0363. The molecule has 0 bridgehead atoms. The summed E-state index contributed by atoms with van der Waals surface area (Å²) in [5.41, 5.74) is 0.706. The lowest BCUT2D eigenvalue weighted by Crippen LogP contribution is -1.92. The Balaban J connectivity index is 2.70. The van der Waals surface area contributed by atoms with Gasteiger partial charge in [0, 0.05) is 6.07 Å². The fourth-order valence-electron chi connectivity index (χ4n) is 0.727. The second kappa shape index (κ2) is 3.17. The van der Waals surface area contributed by atoms with Crippen LogP contribution in [0.15, 0.2) is 10.6 Å². The number of nitrogens with zero attached hydrogens (tertiary/aromatic N) is 2. The van der Waals surface area contributed by atoms with Gasteiger partial charge >= 0.3 is 0 Å². The van der Waals surface area contributed by atoms with Gasteiger partial charge in [0.2, 0.25) is 0 Å². The van der Waals surface area contributed by atoms with Crippen molar-refractivity contribution in [3.63, 3.8) is 0 Å². The predicted octanol–water partition coefficient (Wildman–Crippen LogP) is 0.930. The van der Waals surface area contributed by atoms with Gasteiger partial charge < -0.3 is 9.63 Å². The highest BCUT2D eigenvalue weighted by atomic mass is 16.5. The van der Waals surface area contributed by atoms with E-state index in [1.54, 1.807) is 13.0 Å². The number of hydrogen-bond donors (Lipinski definition) is 1. The zero-order valence-electron chi connectivity index (χ0n) is 6.11. The van der Waals surface area contributed by atoms with Gasteiger partial charge in [-0.1, -0.05) is 5.16 Å². The van der Waals surface area contributed by atoms with Gasteiger partial charge in [-0.2, -0.15) is 5.26 Å². The molecule has 1 aromatic rings. The lowest BCUT2D eigenvalue weighted by atomic mass is 10.2. The van der Waals surface area contributed by atoms with Crippen LogP contribution in [0.3, 0.4) is 0 Å². The van der Waals surface area contributed by atoms with Crippen LogP contribution in [0.5, 0.6) is 0 Å². The molecule has 0 fully saturated rings. The summed E-state index contributed by atoms with van der Waals surface area (Å²) in [4.78, 5) is 0. The predicted molar refractivity (Wildman–Crippen MR) is 36.4 cm³/mol. The largest absolute Gasteiger partial charge is 0.384 e. The summed E-state index contributed by atoms with van der Waals surface area (Å²) in [5.74, 6) is 0.351. The van der Waals surface area contributed by atoms with Gasteiger partial charge in [-0.25, -0.2) is 0 Å². The van der Waals surface area contributed by atoms with Crippen molar-refractivity contribution in [1.82, 2.24) is 5.16 Å². The van der Waals surface area contributed by atoms with Crippen molar-refractivity contribution in [2.24, 2.45) is 0 Å². The van der Waals surface area contributed by atoms with E-state index < -0.39 is 6.10 Å². The summed E-state index contributed by atoms with van der Waals surface area (Å²) < 4.78 is 4.73. The molecule has 0 saturated carbocycles. The summed E-state index contributed by atoms with van der Waals surface area (Å²) in [6, 6.07) is 3.45. The fourth-order valence-corrected chi connectivity index (χ4v) is 0.727. The molecule has 0 spiro atoms. The van der Waals surface area contributed by atoms with Gasteiger partial charge in [-0.05, 0) is 6.92 Å². The van der Waals surface area contributed by atoms with Crippen LogP contribution in [0.2, 0.25) is 0 Å². The third-order valence-corrected chi connectivity index (χ3v) is 1.26. The van der Waals surface area contributed by atoms with Crippen LogP contribution in [0.25, 0.3) is 0 Å². The van der Waals surface area contributed by atoms with Crippen LogP contribution in [0.1, 0.15) is 24.0 Å². The Labute approximate surface area is 64.0 Å². The maximum atomic E-state index is 9.18. The maximum absolute atomic E-state index is 9.18. The minimum atomic E-state index is -0.846. The summed E-state index contributed by atoms with van der Waals surface area (Å²) >= 11 is 0. The standard InChI is InChI=1S/C7H8N2O2/c1-5-4-7(11-9-5)6(10)2-3-8/h4,6,10H,2H2,1H3. The first-order valence-electron chi connectivity index (χ1n) is 3.22. The van der Waals surface area contributed by atoms with Crippen molar-refractivity contribution >= 4 is 0 Å². The van der Waals surface area contributed by atoms with E-state index in [2.05, 4.69) is 5.16 Å². The number of hydrogen-bond acceptors (Lipinski definition) is 4. The van der Waals surface area contributed by atoms with E-state index in [0.717, 1.165) is 0 Å². The molecule has 0 aliphatic carbocycles. The Morgan fingerprint density at radius 1 is 1.91 bits per heavy atom. The molecule has 1 N–H and O–H groups in total. The molecular formula is C7H8N2O2. The van der Waals surface area contributed by atoms with Crippen molar-refractivity contribution in [3.05, 3.63) is 17.5 Å². The monoisotopic (exact) mass is 152 g/mol. The van der Waals surface area contributed by atoms with E-state index in [1.807, 2.05) is 6.07 Å². The molecule has 4 heteroatoms. The molecule has 0 saturated heterocycles. The molecule has 0 aromatic carbocycles. The quantitative estimate of drug-likeness (QED) is 0.684. The average Bonchev–Trinajstić information content (AvgIpc) is 2.36. The van der Waals surface area contributed by atoms with Gasteiger partial charge in [0.15, 0.2) is 5.76 Å². The first-order valence-corrected chi connectivity index (χ1v) is 3.22. The minimum Gasteiger partial charge on any atom is -0.384 e. The Morgan fingerprint density at radius 3 is 3.09 bits per heavy atom. The molecular weight excluding hydrogens is 144 g/mol. The first-order chi connectivity index (χ1) is 5.24. The molecule has 0 aliphatic heterocycles. The number of aromatic nitrogens is 1. The Hall–Kier alpha value is -1.34. The maximum Gasteiger partial charge on any atom is 0.166 e. The van der Waals surface area contributed by atoms with Crippen molar-refractivity contribution < 1.29 is 9.63 Å². The van der Waals surface area contributed by atoms with Crippen molar-refractivity contribution in [3.8, 4) is 6.07 Å². The molecule has 0 amide bonds. The van der Waals surface area contributed by atoms with E-state index in [-0.39, 0.29) is 6.42 Å². The number of aliphatic hydroxyl groups excluding tert-OH is 1. The molecule has 1 unspecified atom stereocenters. The highest BCUT2D eigenvalue weighted by molar-refractivity contribution is 5.06. The smallest absolute Gasteiger partial charge is 0.166 e. The summed E-state index contributed by atoms with van der Waals surface area (Å²) in [7, 11) is 0. The number of aryl methyl sites for hydroxylation is 1. The van der Waals surface area contributed by atoms with Gasteiger partial charge in [-0.3, -0.25) is 0 Å². The molecule has 11 heavy (non-hydrogen) atoms. The highest BCUT2D eigenvalue weighted by Gasteiger charge is 2.11. The molecule has 0 radical (unpaired) electrons. The number of aliphatic hydroxyl groups is 1. The number of nitriles is 1.